The van der Waals surface area contributed by atoms with Crippen LogP contribution in [0.2, 0.25) is 0 Å². The highest BCUT2D eigenvalue weighted by molar-refractivity contribution is 5.28. The molecule has 1 saturated heterocycles. The molecule has 1 heterocycles. The van der Waals surface area contributed by atoms with Gasteiger partial charge in [-0.15, -0.1) is 0 Å². The third kappa shape index (κ3) is 5.30. The standard InChI is InChI=1S/C17H27NO3/c1-3-14-5-4-6-16(11-14)21-13-15(19)12-18-17(2)7-9-20-10-8-17/h4-6,11,15,18-19H,3,7-10,12-13H2,1-2H3. The molecular formula is C17H27NO3. The number of aliphatic hydroxyl groups is 1. The molecule has 4 nitrogen and oxygen atoms in total. The average Bonchev–Trinajstić information content (AvgIpc) is 2.52. The molecule has 0 aliphatic carbocycles. The Balaban J connectivity index is 1.72. The van der Waals surface area contributed by atoms with E-state index in [9.17, 15) is 5.11 Å². The normalized spacial score (nSPS) is 19.2. The lowest BCUT2D eigenvalue weighted by Crippen LogP contribution is -2.50. The Morgan fingerprint density at radius 3 is 2.86 bits per heavy atom. The molecule has 2 rings (SSSR count). The van der Waals surface area contributed by atoms with E-state index in [-0.39, 0.29) is 5.54 Å². The van der Waals surface area contributed by atoms with Gasteiger partial charge >= 0.3 is 0 Å². The van der Waals surface area contributed by atoms with Crippen LogP contribution in [0.15, 0.2) is 24.3 Å². The smallest absolute Gasteiger partial charge is 0.119 e. The first-order chi connectivity index (χ1) is 10.1. The van der Waals surface area contributed by atoms with E-state index < -0.39 is 6.10 Å². The van der Waals surface area contributed by atoms with E-state index >= 15 is 0 Å². The van der Waals surface area contributed by atoms with E-state index in [2.05, 4.69) is 25.2 Å². The fraction of sp³-hybridized carbons (Fsp3) is 0.647. The first-order valence-corrected chi connectivity index (χ1v) is 7.84. The quantitative estimate of drug-likeness (QED) is 0.809. The van der Waals surface area contributed by atoms with Crippen molar-refractivity contribution < 1.29 is 14.6 Å². The van der Waals surface area contributed by atoms with Gasteiger partial charge in [0.2, 0.25) is 0 Å². The molecule has 4 heteroatoms. The Hall–Kier alpha value is -1.10. The molecule has 2 N–H and O–H groups in total. The molecule has 0 amide bonds. The molecule has 0 saturated carbocycles. The number of β-amino-alcohol motifs (C(OH)–C–C–N with tert-alkyl or cyclic N) is 1. The van der Waals surface area contributed by atoms with Gasteiger partial charge in [-0.3, -0.25) is 0 Å². The topological polar surface area (TPSA) is 50.7 Å². The molecule has 1 unspecified atom stereocenters. The third-order valence-corrected chi connectivity index (χ3v) is 4.11. The first kappa shape index (κ1) is 16.3. The number of benzene rings is 1. The molecule has 0 radical (unpaired) electrons. The van der Waals surface area contributed by atoms with Gasteiger partial charge in [0.25, 0.3) is 0 Å². The van der Waals surface area contributed by atoms with Crippen LogP contribution in [0.5, 0.6) is 5.75 Å². The van der Waals surface area contributed by atoms with E-state index in [0.717, 1.165) is 38.2 Å². The van der Waals surface area contributed by atoms with Crippen molar-refractivity contribution in [2.45, 2.75) is 44.8 Å². The highest BCUT2D eigenvalue weighted by atomic mass is 16.5. The van der Waals surface area contributed by atoms with Crippen molar-refractivity contribution in [3.8, 4) is 5.75 Å². The minimum Gasteiger partial charge on any atom is -0.491 e. The van der Waals surface area contributed by atoms with Gasteiger partial charge in [0.15, 0.2) is 0 Å². The molecule has 1 atom stereocenters. The number of nitrogens with one attached hydrogen (secondary N) is 1. The summed E-state index contributed by atoms with van der Waals surface area (Å²) < 4.78 is 11.0. The summed E-state index contributed by atoms with van der Waals surface area (Å²) in [6, 6.07) is 8.03. The number of hydrogen-bond donors (Lipinski definition) is 2. The molecule has 1 aromatic carbocycles. The van der Waals surface area contributed by atoms with Gasteiger partial charge in [-0.1, -0.05) is 19.1 Å². The number of rotatable bonds is 7. The lowest BCUT2D eigenvalue weighted by atomic mass is 9.92. The lowest BCUT2D eigenvalue weighted by Gasteiger charge is -2.35. The first-order valence-electron chi connectivity index (χ1n) is 7.84. The predicted molar refractivity (Wildman–Crippen MR) is 83.8 cm³/mol. The Bertz CT molecular complexity index is 430. The monoisotopic (exact) mass is 293 g/mol. The van der Waals surface area contributed by atoms with E-state index in [1.54, 1.807) is 0 Å². The maximum Gasteiger partial charge on any atom is 0.119 e. The van der Waals surface area contributed by atoms with Crippen molar-refractivity contribution in [3.05, 3.63) is 29.8 Å². The highest BCUT2D eigenvalue weighted by Gasteiger charge is 2.27. The van der Waals surface area contributed by atoms with Gasteiger partial charge < -0.3 is 19.9 Å². The van der Waals surface area contributed by atoms with Crippen LogP contribution in [0.3, 0.4) is 0 Å². The SMILES string of the molecule is CCc1cccc(OCC(O)CNC2(C)CCOCC2)c1. The van der Waals surface area contributed by atoms with Crippen LogP contribution >= 0.6 is 0 Å². The third-order valence-electron chi connectivity index (χ3n) is 4.11. The van der Waals surface area contributed by atoms with Crippen molar-refractivity contribution in [2.24, 2.45) is 0 Å². The molecule has 0 aromatic heterocycles. The summed E-state index contributed by atoms with van der Waals surface area (Å²) in [6.45, 7) is 6.75. The molecular weight excluding hydrogens is 266 g/mol. The lowest BCUT2D eigenvalue weighted by molar-refractivity contribution is 0.0342. The van der Waals surface area contributed by atoms with Crippen molar-refractivity contribution in [1.29, 1.82) is 0 Å². The summed E-state index contributed by atoms with van der Waals surface area (Å²) in [4.78, 5) is 0. The van der Waals surface area contributed by atoms with Crippen molar-refractivity contribution in [2.75, 3.05) is 26.4 Å². The Kier molecular flexibility index (Phi) is 6.03. The average molecular weight is 293 g/mol. The van der Waals surface area contributed by atoms with E-state index in [4.69, 9.17) is 9.47 Å². The fourth-order valence-corrected chi connectivity index (χ4v) is 2.47. The minimum atomic E-state index is -0.505. The van der Waals surface area contributed by atoms with Gasteiger partial charge in [-0.05, 0) is 43.9 Å². The fourth-order valence-electron chi connectivity index (χ4n) is 2.47. The molecule has 21 heavy (non-hydrogen) atoms. The molecule has 1 aliphatic heterocycles. The number of hydrogen-bond acceptors (Lipinski definition) is 4. The second-order valence-corrected chi connectivity index (χ2v) is 6.02. The Morgan fingerprint density at radius 1 is 1.38 bits per heavy atom. The van der Waals surface area contributed by atoms with Crippen molar-refractivity contribution in [1.82, 2.24) is 5.32 Å². The van der Waals surface area contributed by atoms with Crippen molar-refractivity contribution in [3.63, 3.8) is 0 Å². The van der Waals surface area contributed by atoms with Gasteiger partial charge in [-0.25, -0.2) is 0 Å². The predicted octanol–water partition coefficient (Wildman–Crippen LogP) is 2.15. The van der Waals surface area contributed by atoms with Gasteiger partial charge in [0, 0.05) is 25.3 Å². The number of aliphatic hydroxyl groups excluding tert-OH is 1. The zero-order valence-electron chi connectivity index (χ0n) is 13.1. The summed E-state index contributed by atoms with van der Waals surface area (Å²) in [6.07, 6.45) is 2.45. The second-order valence-electron chi connectivity index (χ2n) is 6.02. The van der Waals surface area contributed by atoms with E-state index in [1.165, 1.54) is 5.56 Å². The zero-order chi connectivity index (χ0) is 15.1. The van der Waals surface area contributed by atoms with Crippen LogP contribution in [0.4, 0.5) is 0 Å². The molecule has 1 fully saturated rings. The largest absolute Gasteiger partial charge is 0.491 e. The van der Waals surface area contributed by atoms with Gasteiger partial charge in [0.05, 0.1) is 0 Å². The van der Waals surface area contributed by atoms with Crippen LogP contribution in [-0.2, 0) is 11.2 Å². The molecule has 118 valence electrons. The molecule has 1 aromatic rings. The second kappa shape index (κ2) is 7.78. The molecule has 0 spiro atoms. The zero-order valence-corrected chi connectivity index (χ0v) is 13.1. The highest BCUT2D eigenvalue weighted by Crippen LogP contribution is 2.19. The van der Waals surface area contributed by atoms with Crippen LogP contribution in [0.1, 0.15) is 32.3 Å². The van der Waals surface area contributed by atoms with Crippen molar-refractivity contribution >= 4 is 0 Å². The van der Waals surface area contributed by atoms with E-state index in [0.29, 0.717) is 13.2 Å². The summed E-state index contributed by atoms with van der Waals surface area (Å²) in [5.74, 6) is 0.825. The van der Waals surface area contributed by atoms with Gasteiger partial charge in [-0.2, -0.15) is 0 Å². The number of ether oxygens (including phenoxy) is 2. The summed E-state index contributed by atoms with van der Waals surface area (Å²) in [5.41, 5.74) is 1.32. The summed E-state index contributed by atoms with van der Waals surface area (Å²) >= 11 is 0. The van der Waals surface area contributed by atoms with Crippen LogP contribution in [0, 0.1) is 0 Å². The van der Waals surface area contributed by atoms with Crippen LogP contribution < -0.4 is 10.1 Å². The number of aryl methyl sites for hydroxylation is 1. The maximum atomic E-state index is 10.1. The molecule has 0 bridgehead atoms. The Labute approximate surface area is 127 Å². The van der Waals surface area contributed by atoms with Gasteiger partial charge in [0.1, 0.15) is 18.5 Å². The summed E-state index contributed by atoms with van der Waals surface area (Å²) in [5, 5.41) is 13.5. The van der Waals surface area contributed by atoms with Crippen LogP contribution in [-0.4, -0.2) is 43.1 Å². The maximum absolute atomic E-state index is 10.1. The van der Waals surface area contributed by atoms with Crippen LogP contribution in [0.25, 0.3) is 0 Å². The Morgan fingerprint density at radius 2 is 2.14 bits per heavy atom. The minimum absolute atomic E-state index is 0.0708. The van der Waals surface area contributed by atoms with E-state index in [1.807, 2.05) is 18.2 Å². The molecule has 1 aliphatic rings. The summed E-state index contributed by atoms with van der Waals surface area (Å²) in [7, 11) is 0.